The highest BCUT2D eigenvalue weighted by Crippen LogP contribution is 2.47. The molecular weight excluding hydrogens is 495 g/mol. The number of aryl methyl sites for hydroxylation is 2. The number of rotatable bonds is 10. The van der Waals surface area contributed by atoms with Crippen LogP contribution in [0, 0.1) is 6.92 Å². The van der Waals surface area contributed by atoms with E-state index in [1.54, 1.807) is 54.8 Å². The van der Waals surface area contributed by atoms with E-state index in [0.29, 0.717) is 22.5 Å². The molecule has 0 bridgehead atoms. The Hall–Kier alpha value is -3.37. The second-order valence-corrected chi connectivity index (χ2v) is 9.35. The van der Waals surface area contributed by atoms with Gasteiger partial charge in [-0.2, -0.15) is 13.2 Å². The molecule has 0 radical (unpaired) electrons. The molecular formula is C29H34F3N3O3. The first-order chi connectivity index (χ1) is 17.8. The van der Waals surface area contributed by atoms with E-state index in [2.05, 4.69) is 6.58 Å². The van der Waals surface area contributed by atoms with Crippen LogP contribution < -0.4 is 10.9 Å². The number of hydrogen-bond acceptors (Lipinski definition) is 5. The summed E-state index contributed by atoms with van der Waals surface area (Å²) in [6, 6.07) is 10.4. The first-order valence-corrected chi connectivity index (χ1v) is 12.2. The number of hydrazine groups is 1. The van der Waals surface area contributed by atoms with Crippen molar-refractivity contribution in [1.82, 2.24) is 4.57 Å². The summed E-state index contributed by atoms with van der Waals surface area (Å²) in [7, 11) is 0. The van der Waals surface area contributed by atoms with Gasteiger partial charge in [-0.05, 0) is 56.5 Å². The lowest BCUT2D eigenvalue weighted by Crippen LogP contribution is -2.43. The number of fused-ring (bicyclic) bond motifs is 1. The lowest BCUT2D eigenvalue weighted by atomic mass is 9.84. The van der Waals surface area contributed by atoms with E-state index >= 15 is 0 Å². The minimum Gasteiger partial charge on any atom is -0.394 e. The van der Waals surface area contributed by atoms with Crippen molar-refractivity contribution in [3.8, 4) is 0 Å². The number of anilines is 1. The minimum atomic E-state index is -5.05. The van der Waals surface area contributed by atoms with Gasteiger partial charge in [-0.25, -0.2) is 5.84 Å². The van der Waals surface area contributed by atoms with Gasteiger partial charge in [-0.15, -0.1) is 0 Å². The number of nitrogens with zero attached hydrogens (tertiary/aromatic N) is 2. The van der Waals surface area contributed by atoms with Crippen molar-refractivity contribution < 1.29 is 28.5 Å². The molecule has 1 heterocycles. The Morgan fingerprint density at radius 1 is 1.18 bits per heavy atom. The van der Waals surface area contributed by atoms with Crippen molar-refractivity contribution in [3.05, 3.63) is 101 Å². The van der Waals surface area contributed by atoms with Gasteiger partial charge in [0.15, 0.2) is 0 Å². The summed E-state index contributed by atoms with van der Waals surface area (Å²) in [4.78, 5) is 0. The van der Waals surface area contributed by atoms with Gasteiger partial charge in [0.1, 0.15) is 0 Å². The van der Waals surface area contributed by atoms with Crippen molar-refractivity contribution in [1.29, 1.82) is 0 Å². The maximum atomic E-state index is 14.7. The van der Waals surface area contributed by atoms with E-state index in [1.165, 1.54) is 35.5 Å². The number of halogens is 3. The molecule has 204 valence electrons. The lowest BCUT2D eigenvalue weighted by molar-refractivity contribution is -0.247. The molecule has 3 rings (SSSR count). The molecule has 2 unspecified atom stereocenters. The zero-order chi connectivity index (χ0) is 28.3. The zero-order valence-corrected chi connectivity index (χ0v) is 21.7. The second-order valence-electron chi connectivity index (χ2n) is 9.35. The highest BCUT2D eigenvalue weighted by Gasteiger charge is 2.57. The van der Waals surface area contributed by atoms with Crippen LogP contribution in [-0.4, -0.2) is 38.8 Å². The fraction of sp³-hybridized carbons (Fsp3) is 0.310. The summed E-state index contributed by atoms with van der Waals surface area (Å²) in [5, 5.41) is 32.0. The van der Waals surface area contributed by atoms with Gasteiger partial charge in [0.2, 0.25) is 5.60 Å². The molecule has 2 atom stereocenters. The molecule has 5 N–H and O–H groups in total. The third-order valence-electron chi connectivity index (χ3n) is 6.49. The summed E-state index contributed by atoms with van der Waals surface area (Å²) in [5.41, 5.74) is -1.19. The van der Waals surface area contributed by atoms with Gasteiger partial charge in [-0.3, -0.25) is 5.01 Å². The molecule has 1 aromatic heterocycles. The molecule has 9 heteroatoms. The largest absolute Gasteiger partial charge is 0.425 e. The summed E-state index contributed by atoms with van der Waals surface area (Å²) in [6.07, 6.45) is 0.625. The smallest absolute Gasteiger partial charge is 0.394 e. The summed E-state index contributed by atoms with van der Waals surface area (Å²) < 4.78 is 45.8. The van der Waals surface area contributed by atoms with Gasteiger partial charge < -0.3 is 19.9 Å². The number of allylic oxidation sites excluding steroid dienone is 4. The van der Waals surface area contributed by atoms with Gasteiger partial charge in [0.25, 0.3) is 0 Å². The van der Waals surface area contributed by atoms with Crippen LogP contribution in [0.25, 0.3) is 10.9 Å². The van der Waals surface area contributed by atoms with Crippen LogP contribution in [0.15, 0.2) is 84.7 Å². The quantitative estimate of drug-likeness (QED) is 0.164. The molecule has 0 spiro atoms. The van der Waals surface area contributed by atoms with Crippen LogP contribution in [-0.2, 0) is 12.1 Å². The topological polar surface area (TPSA) is 94.9 Å². The molecule has 0 fully saturated rings. The van der Waals surface area contributed by atoms with Crippen LogP contribution >= 0.6 is 0 Å². The molecule has 0 amide bonds. The number of aliphatic hydroxyl groups excluding tert-OH is 2. The Labute approximate surface area is 220 Å². The van der Waals surface area contributed by atoms with Gasteiger partial charge in [0, 0.05) is 29.2 Å². The van der Waals surface area contributed by atoms with Crippen molar-refractivity contribution in [3.63, 3.8) is 0 Å². The zero-order valence-electron chi connectivity index (χ0n) is 21.7. The number of alkyl halides is 3. The summed E-state index contributed by atoms with van der Waals surface area (Å²) >= 11 is 0. The molecule has 0 aliphatic carbocycles. The molecule has 0 saturated heterocycles. The molecule has 0 saturated carbocycles. The Morgan fingerprint density at radius 2 is 1.87 bits per heavy atom. The maximum absolute atomic E-state index is 14.7. The average molecular weight is 530 g/mol. The average Bonchev–Trinajstić information content (AvgIpc) is 3.25. The van der Waals surface area contributed by atoms with Crippen molar-refractivity contribution in [2.45, 2.75) is 51.6 Å². The van der Waals surface area contributed by atoms with Crippen molar-refractivity contribution in [2.75, 3.05) is 11.6 Å². The number of aromatic nitrogens is 1. The number of benzene rings is 2. The monoisotopic (exact) mass is 529 g/mol. The number of para-hydroxylation sites is 1. The van der Waals surface area contributed by atoms with E-state index in [9.17, 15) is 23.4 Å². The maximum Gasteiger partial charge on any atom is 0.425 e. The Balaban J connectivity index is 2.14. The van der Waals surface area contributed by atoms with Crippen molar-refractivity contribution >= 4 is 16.6 Å². The fourth-order valence-electron chi connectivity index (χ4n) is 4.40. The third kappa shape index (κ3) is 5.71. The van der Waals surface area contributed by atoms with E-state index in [1.807, 2.05) is 6.92 Å². The predicted molar refractivity (Wildman–Crippen MR) is 144 cm³/mol. The van der Waals surface area contributed by atoms with Crippen LogP contribution in [0.2, 0.25) is 0 Å². The SMILES string of the molecule is C=C(C)/C=C\C(=C/C)N(N)c1ccc(C(O)(c2cn(CCC(O)CO)c3ccccc23)C(F)(F)F)cc1C. The minimum absolute atomic E-state index is 0.131. The predicted octanol–water partition coefficient (Wildman–Crippen LogP) is 5.21. The van der Waals surface area contributed by atoms with Crippen molar-refractivity contribution in [2.24, 2.45) is 5.84 Å². The Morgan fingerprint density at radius 3 is 2.45 bits per heavy atom. The van der Waals surface area contributed by atoms with Crippen LogP contribution in [0.3, 0.4) is 0 Å². The molecule has 2 aromatic carbocycles. The van der Waals surface area contributed by atoms with E-state index < -0.39 is 24.5 Å². The second kappa shape index (κ2) is 11.6. The first-order valence-electron chi connectivity index (χ1n) is 12.2. The molecule has 3 aromatic rings. The van der Waals surface area contributed by atoms with Gasteiger partial charge in [-0.1, -0.05) is 54.6 Å². The molecule has 0 aliphatic rings. The van der Waals surface area contributed by atoms with Crippen LogP contribution in [0.1, 0.15) is 37.0 Å². The number of hydrogen-bond donors (Lipinski definition) is 4. The van der Waals surface area contributed by atoms with Crippen LogP contribution in [0.5, 0.6) is 0 Å². The third-order valence-corrected chi connectivity index (χ3v) is 6.49. The van der Waals surface area contributed by atoms with Gasteiger partial charge >= 0.3 is 6.18 Å². The fourth-order valence-corrected chi connectivity index (χ4v) is 4.40. The van der Waals surface area contributed by atoms with Gasteiger partial charge in [0.05, 0.1) is 24.1 Å². The first kappa shape index (κ1) is 29.2. The van der Waals surface area contributed by atoms with Crippen LogP contribution in [0.4, 0.5) is 18.9 Å². The van der Waals surface area contributed by atoms with E-state index in [0.717, 1.165) is 5.57 Å². The molecule has 0 aliphatic heterocycles. The lowest BCUT2D eigenvalue weighted by Gasteiger charge is -2.32. The summed E-state index contributed by atoms with van der Waals surface area (Å²) in [6.45, 7) is 8.76. The Bertz CT molecular complexity index is 1360. The normalized spacial score (nSPS) is 15.2. The standard InChI is InChI=1S/C29H34F3N3O3/c1-5-22(12-10-19(2)3)35(33)26-13-11-21(16-20(26)4)28(38,29(30,31)32)25-17-34(15-14-23(37)18-36)27-9-7-6-8-24(25)27/h5-13,16-17,23,36-38H,2,14-15,18,33H2,1,3-4H3/b12-10-,22-5+. The Kier molecular flexibility index (Phi) is 8.89. The molecule has 38 heavy (non-hydrogen) atoms. The van der Waals surface area contributed by atoms with E-state index in [-0.39, 0.29) is 29.5 Å². The van der Waals surface area contributed by atoms with E-state index in [4.69, 9.17) is 10.9 Å². The molecule has 6 nitrogen and oxygen atoms in total. The number of aliphatic hydroxyl groups is 3. The number of nitrogens with two attached hydrogens (primary N) is 1. The highest BCUT2D eigenvalue weighted by atomic mass is 19.4. The summed E-state index contributed by atoms with van der Waals surface area (Å²) in [5.74, 6) is 6.30. The highest BCUT2D eigenvalue weighted by molar-refractivity contribution is 5.85.